The molecule has 160 valence electrons. The van der Waals surface area contributed by atoms with Crippen molar-refractivity contribution in [2.45, 2.75) is 40.1 Å². The molecule has 0 aliphatic rings. The molecule has 0 spiro atoms. The van der Waals surface area contributed by atoms with Gasteiger partial charge in [-0.15, -0.1) is 0 Å². The smallest absolute Gasteiger partial charge is 0.272 e. The number of ether oxygens (including phenoxy) is 3. The molecule has 0 saturated heterocycles. The van der Waals surface area contributed by atoms with Gasteiger partial charge in [-0.05, 0) is 39.0 Å². The van der Waals surface area contributed by atoms with Crippen LogP contribution in [0.2, 0.25) is 0 Å². The number of nitrogens with one attached hydrogen (secondary N) is 1. The first-order valence-electron chi connectivity index (χ1n) is 9.68. The van der Waals surface area contributed by atoms with Gasteiger partial charge in [0.15, 0.2) is 18.2 Å². The van der Waals surface area contributed by atoms with E-state index in [1.807, 2.05) is 37.7 Å². The second kappa shape index (κ2) is 9.34. The minimum absolute atomic E-state index is 0.0992. The fourth-order valence-electron chi connectivity index (χ4n) is 3.11. The maximum Gasteiger partial charge on any atom is 0.272 e. The van der Waals surface area contributed by atoms with Gasteiger partial charge in [-0.1, -0.05) is 6.07 Å². The number of rotatable bonds is 9. The monoisotopic (exact) mass is 413 g/mol. The Hall–Kier alpha value is -3.49. The average molecular weight is 413 g/mol. The maximum atomic E-state index is 12.6. The molecular weight excluding hydrogens is 386 g/mol. The van der Waals surface area contributed by atoms with E-state index in [1.165, 1.54) is 4.68 Å². The molecule has 1 unspecified atom stereocenters. The minimum atomic E-state index is -0.264. The molecule has 9 heteroatoms. The molecule has 0 bridgehead atoms. The molecule has 1 aromatic carbocycles. The van der Waals surface area contributed by atoms with Crippen molar-refractivity contribution in [1.82, 2.24) is 24.9 Å². The highest BCUT2D eigenvalue weighted by molar-refractivity contribution is 5.92. The van der Waals surface area contributed by atoms with Crippen molar-refractivity contribution in [3.63, 3.8) is 0 Å². The topological polar surface area (TPSA) is 92.4 Å². The number of aromatic nitrogens is 4. The van der Waals surface area contributed by atoms with Crippen LogP contribution < -0.4 is 19.5 Å². The summed E-state index contributed by atoms with van der Waals surface area (Å²) >= 11 is 0. The molecule has 2 aromatic heterocycles. The largest absolute Gasteiger partial charge is 0.493 e. The van der Waals surface area contributed by atoms with Crippen LogP contribution >= 0.6 is 0 Å². The SMILES string of the molecule is CCn1cc(C(C)NC(=O)c2ccn(COc3c(OC)cccc3OC)n2)c(C)n1. The molecule has 9 nitrogen and oxygen atoms in total. The van der Waals surface area contributed by atoms with E-state index in [1.54, 1.807) is 38.6 Å². The molecule has 1 N–H and O–H groups in total. The quantitative estimate of drug-likeness (QED) is 0.580. The average Bonchev–Trinajstić information content (AvgIpc) is 3.38. The highest BCUT2D eigenvalue weighted by Crippen LogP contribution is 2.36. The number of methoxy groups -OCH3 is 2. The molecule has 0 aliphatic heterocycles. The van der Waals surface area contributed by atoms with Gasteiger partial charge in [0, 0.05) is 24.5 Å². The highest BCUT2D eigenvalue weighted by Gasteiger charge is 2.18. The molecule has 3 aromatic rings. The first-order chi connectivity index (χ1) is 14.5. The second-order valence-corrected chi connectivity index (χ2v) is 6.73. The summed E-state index contributed by atoms with van der Waals surface area (Å²) in [6, 6.07) is 6.84. The Morgan fingerprint density at radius 3 is 2.43 bits per heavy atom. The van der Waals surface area contributed by atoms with E-state index in [0.717, 1.165) is 17.8 Å². The van der Waals surface area contributed by atoms with E-state index in [9.17, 15) is 4.79 Å². The number of benzene rings is 1. The Bertz CT molecular complexity index is 988. The fourth-order valence-corrected chi connectivity index (χ4v) is 3.11. The summed E-state index contributed by atoms with van der Waals surface area (Å²) in [6.07, 6.45) is 3.63. The molecule has 30 heavy (non-hydrogen) atoms. The number of aryl methyl sites for hydroxylation is 2. The first kappa shape index (κ1) is 21.2. The molecule has 0 fully saturated rings. The standard InChI is InChI=1S/C21H27N5O4/c1-6-25-12-16(15(3)23-25)14(2)22-21(27)17-10-11-26(24-17)13-30-20-18(28-4)8-7-9-19(20)29-5/h7-12,14H,6,13H2,1-5H3,(H,22,27). The summed E-state index contributed by atoms with van der Waals surface area (Å²) in [4.78, 5) is 12.6. The van der Waals surface area contributed by atoms with Gasteiger partial charge in [-0.3, -0.25) is 9.48 Å². The zero-order chi connectivity index (χ0) is 21.7. The van der Waals surface area contributed by atoms with Crippen LogP contribution in [-0.2, 0) is 13.3 Å². The molecule has 2 heterocycles. The predicted molar refractivity (Wildman–Crippen MR) is 111 cm³/mol. The Labute approximate surface area is 175 Å². The van der Waals surface area contributed by atoms with Crippen LogP contribution in [0.4, 0.5) is 0 Å². The van der Waals surface area contributed by atoms with Gasteiger partial charge >= 0.3 is 0 Å². The second-order valence-electron chi connectivity index (χ2n) is 6.73. The molecule has 1 atom stereocenters. The summed E-state index contributed by atoms with van der Waals surface area (Å²) in [7, 11) is 3.12. The van der Waals surface area contributed by atoms with Crippen LogP contribution in [0, 0.1) is 6.92 Å². The van der Waals surface area contributed by atoms with Crippen LogP contribution in [-0.4, -0.2) is 39.7 Å². The van der Waals surface area contributed by atoms with Crippen molar-refractivity contribution < 1.29 is 19.0 Å². The zero-order valence-corrected chi connectivity index (χ0v) is 17.9. The van der Waals surface area contributed by atoms with Crippen LogP contribution in [0.15, 0.2) is 36.7 Å². The van der Waals surface area contributed by atoms with Crippen molar-refractivity contribution in [1.29, 1.82) is 0 Å². The van der Waals surface area contributed by atoms with Crippen molar-refractivity contribution >= 4 is 5.91 Å². The van der Waals surface area contributed by atoms with Gasteiger partial charge in [0.2, 0.25) is 5.75 Å². The Morgan fingerprint density at radius 1 is 1.13 bits per heavy atom. The van der Waals surface area contributed by atoms with E-state index in [0.29, 0.717) is 22.9 Å². The highest BCUT2D eigenvalue weighted by atomic mass is 16.5. The van der Waals surface area contributed by atoms with Crippen LogP contribution in [0.5, 0.6) is 17.2 Å². The zero-order valence-electron chi connectivity index (χ0n) is 17.9. The van der Waals surface area contributed by atoms with Crippen molar-refractivity contribution in [3.05, 3.63) is 53.6 Å². The summed E-state index contributed by atoms with van der Waals surface area (Å²) < 4.78 is 19.8. The number of carbonyl (C=O) groups excluding carboxylic acids is 1. The lowest BCUT2D eigenvalue weighted by Gasteiger charge is -2.14. The van der Waals surface area contributed by atoms with Crippen molar-refractivity contribution in [2.24, 2.45) is 0 Å². The molecule has 1 amide bonds. The third-order valence-electron chi connectivity index (χ3n) is 4.72. The number of nitrogens with zero attached hydrogens (tertiary/aromatic N) is 4. The summed E-state index contributed by atoms with van der Waals surface area (Å²) in [5.41, 5.74) is 2.18. The van der Waals surface area contributed by atoms with E-state index >= 15 is 0 Å². The van der Waals surface area contributed by atoms with Gasteiger partial charge in [-0.2, -0.15) is 10.2 Å². The first-order valence-corrected chi connectivity index (χ1v) is 9.68. The van der Waals surface area contributed by atoms with E-state index in [4.69, 9.17) is 14.2 Å². The van der Waals surface area contributed by atoms with E-state index in [2.05, 4.69) is 15.5 Å². The van der Waals surface area contributed by atoms with E-state index in [-0.39, 0.29) is 18.7 Å². The normalized spacial score (nSPS) is 11.8. The molecule has 0 radical (unpaired) electrons. The number of hydrogen-bond acceptors (Lipinski definition) is 6. The molecule has 0 aliphatic carbocycles. The number of amides is 1. The summed E-state index contributed by atoms with van der Waals surface area (Å²) in [5.74, 6) is 1.31. The number of carbonyl (C=O) groups is 1. The lowest BCUT2D eigenvalue weighted by atomic mass is 10.1. The maximum absolute atomic E-state index is 12.6. The fraction of sp³-hybridized carbons (Fsp3) is 0.381. The third-order valence-corrected chi connectivity index (χ3v) is 4.72. The van der Waals surface area contributed by atoms with Crippen LogP contribution in [0.1, 0.15) is 41.6 Å². The number of hydrogen-bond donors (Lipinski definition) is 1. The van der Waals surface area contributed by atoms with Crippen molar-refractivity contribution in [3.8, 4) is 17.2 Å². The van der Waals surface area contributed by atoms with Crippen molar-refractivity contribution in [2.75, 3.05) is 14.2 Å². The third kappa shape index (κ3) is 4.56. The molecular formula is C21H27N5O4. The Balaban J connectivity index is 1.65. The predicted octanol–water partition coefficient (Wildman–Crippen LogP) is 2.95. The minimum Gasteiger partial charge on any atom is -0.493 e. The Kier molecular flexibility index (Phi) is 6.61. The van der Waals surface area contributed by atoms with Gasteiger partial charge in [0.05, 0.1) is 26.0 Å². The molecule has 0 saturated carbocycles. The van der Waals surface area contributed by atoms with Crippen LogP contribution in [0.25, 0.3) is 0 Å². The van der Waals surface area contributed by atoms with Gasteiger partial charge in [-0.25, -0.2) is 4.68 Å². The Morgan fingerprint density at radius 2 is 1.83 bits per heavy atom. The lowest BCUT2D eigenvalue weighted by Crippen LogP contribution is -2.27. The van der Waals surface area contributed by atoms with Gasteiger partial charge in [0.25, 0.3) is 5.91 Å². The van der Waals surface area contributed by atoms with Crippen LogP contribution in [0.3, 0.4) is 0 Å². The van der Waals surface area contributed by atoms with E-state index < -0.39 is 0 Å². The van der Waals surface area contributed by atoms with Gasteiger partial charge in [0.1, 0.15) is 5.69 Å². The lowest BCUT2D eigenvalue weighted by molar-refractivity contribution is 0.0932. The summed E-state index contributed by atoms with van der Waals surface area (Å²) in [5, 5.41) is 11.7. The number of para-hydroxylation sites is 1. The van der Waals surface area contributed by atoms with Gasteiger partial charge < -0.3 is 19.5 Å². The summed E-state index contributed by atoms with van der Waals surface area (Å²) in [6.45, 7) is 6.76. The molecule has 3 rings (SSSR count).